The van der Waals surface area contributed by atoms with Crippen LogP contribution in [-0.2, 0) is 11.2 Å². The van der Waals surface area contributed by atoms with Gasteiger partial charge in [-0.3, -0.25) is 4.79 Å². The van der Waals surface area contributed by atoms with E-state index in [1.807, 2.05) is 42.1 Å². The first-order valence-electron chi connectivity index (χ1n) is 15.9. The van der Waals surface area contributed by atoms with Gasteiger partial charge in [0, 0.05) is 5.41 Å². The molecule has 0 aliphatic heterocycles. The average molecular weight is 609 g/mol. The summed E-state index contributed by atoms with van der Waals surface area (Å²) in [5, 5.41) is 28.7. The van der Waals surface area contributed by atoms with Crippen molar-refractivity contribution in [3.63, 3.8) is 0 Å². The molecular formula is C36H37FN4O4. The fourth-order valence-corrected chi connectivity index (χ4v) is 9.70. The van der Waals surface area contributed by atoms with Gasteiger partial charge in [-0.15, -0.1) is 0 Å². The average Bonchev–Trinajstić information content (AvgIpc) is 3.55. The SMILES string of the molecule is CC12Cc3cnn(-c4ccc(F)cc4)c3C=C1CCC1C2[C@@H](O)CC2(C)C1CCC2(O)C(=O)COc1cnc2ccccc2n1. The fraction of sp³-hybridized carbons (Fsp3) is 0.444. The van der Waals surface area contributed by atoms with Crippen molar-refractivity contribution in [1.82, 2.24) is 19.7 Å². The van der Waals surface area contributed by atoms with Crippen LogP contribution in [0.25, 0.3) is 22.8 Å². The van der Waals surface area contributed by atoms with Gasteiger partial charge in [0.15, 0.2) is 6.61 Å². The van der Waals surface area contributed by atoms with Gasteiger partial charge < -0.3 is 14.9 Å². The quantitative estimate of drug-likeness (QED) is 0.309. The summed E-state index contributed by atoms with van der Waals surface area (Å²) >= 11 is 0. The number of Topliss-reactive ketones (excluding diaryl/α,β-unsaturated/α-hetero) is 1. The first-order chi connectivity index (χ1) is 21.6. The number of para-hydroxylation sites is 2. The number of rotatable bonds is 5. The van der Waals surface area contributed by atoms with Crippen LogP contribution in [0.2, 0.25) is 0 Å². The summed E-state index contributed by atoms with van der Waals surface area (Å²) in [6, 6.07) is 13.8. The summed E-state index contributed by atoms with van der Waals surface area (Å²) in [6.45, 7) is 3.96. The highest BCUT2D eigenvalue weighted by Crippen LogP contribution is 2.67. The van der Waals surface area contributed by atoms with Gasteiger partial charge in [-0.25, -0.2) is 19.0 Å². The molecule has 0 bridgehead atoms. The minimum Gasteiger partial charge on any atom is -0.468 e. The first kappa shape index (κ1) is 28.5. The number of hydrogen-bond acceptors (Lipinski definition) is 7. The third-order valence-corrected chi connectivity index (χ3v) is 11.9. The number of benzene rings is 2. The number of ketones is 1. The lowest BCUT2D eigenvalue weighted by molar-refractivity contribution is -0.180. The normalized spacial score (nSPS) is 33.5. The minimum atomic E-state index is -1.60. The molecule has 4 aliphatic rings. The number of hydrogen-bond donors (Lipinski definition) is 2. The second-order valence-corrected chi connectivity index (χ2v) is 14.0. The summed E-state index contributed by atoms with van der Waals surface area (Å²) in [6.07, 6.45) is 8.89. The van der Waals surface area contributed by atoms with E-state index in [2.05, 4.69) is 28.1 Å². The highest BCUT2D eigenvalue weighted by atomic mass is 19.1. The Hall–Kier alpha value is -3.95. The second kappa shape index (κ2) is 10.0. The van der Waals surface area contributed by atoms with E-state index >= 15 is 0 Å². The molecule has 0 spiro atoms. The zero-order valence-electron chi connectivity index (χ0n) is 25.5. The maximum atomic E-state index is 13.8. The smallest absolute Gasteiger partial charge is 0.233 e. The highest BCUT2D eigenvalue weighted by Gasteiger charge is 2.68. The number of carbonyl (C=O) groups is 1. The second-order valence-electron chi connectivity index (χ2n) is 14.0. The predicted octanol–water partition coefficient (Wildman–Crippen LogP) is 5.49. The van der Waals surface area contributed by atoms with Crippen molar-refractivity contribution in [2.24, 2.45) is 28.6 Å². The number of aromatic nitrogens is 4. The molecule has 4 aromatic rings. The molecule has 2 aromatic heterocycles. The van der Waals surface area contributed by atoms with E-state index in [0.29, 0.717) is 18.4 Å². The lowest BCUT2D eigenvalue weighted by atomic mass is 9.45. The Kier molecular flexibility index (Phi) is 6.35. The first-order valence-corrected chi connectivity index (χ1v) is 15.9. The zero-order valence-corrected chi connectivity index (χ0v) is 25.5. The van der Waals surface area contributed by atoms with Crippen LogP contribution in [0.3, 0.4) is 0 Å². The number of allylic oxidation sites excluding steroid dienone is 1. The lowest BCUT2D eigenvalue weighted by Crippen LogP contribution is -2.62. The van der Waals surface area contributed by atoms with E-state index in [1.54, 1.807) is 12.1 Å². The highest BCUT2D eigenvalue weighted by molar-refractivity contribution is 5.90. The van der Waals surface area contributed by atoms with Gasteiger partial charge in [-0.05, 0) is 110 Å². The molecule has 2 N–H and O–H groups in total. The minimum absolute atomic E-state index is 0.000489. The largest absolute Gasteiger partial charge is 0.468 e. The van der Waals surface area contributed by atoms with Gasteiger partial charge in [-0.1, -0.05) is 31.6 Å². The van der Waals surface area contributed by atoms with Gasteiger partial charge in [0.25, 0.3) is 0 Å². The standard InChI is InChI=1S/C36H37FN4O4/c1-34-16-21-18-39-41(24-10-8-23(37)9-11-24)29(21)15-22(34)7-12-25-26-13-14-36(44,35(26,2)17-30(42)33(25)34)31(43)20-45-32-19-38-27-5-3-4-6-28(27)40-32/h3-6,8-11,15,18-19,25-26,30,33,42,44H,7,12-14,16-17,20H2,1-2H3/t25?,26?,30-,33?,34?,35?,36?/m0/s1. The van der Waals surface area contributed by atoms with E-state index < -0.39 is 17.1 Å². The number of aliphatic hydroxyl groups is 2. The van der Waals surface area contributed by atoms with Crippen LogP contribution >= 0.6 is 0 Å². The Morgan fingerprint density at radius 1 is 1.09 bits per heavy atom. The van der Waals surface area contributed by atoms with E-state index in [4.69, 9.17) is 4.74 Å². The molecule has 8 rings (SSSR count). The molecule has 3 fully saturated rings. The Morgan fingerprint density at radius 3 is 2.67 bits per heavy atom. The van der Waals surface area contributed by atoms with Crippen molar-refractivity contribution >= 4 is 22.9 Å². The zero-order chi connectivity index (χ0) is 31.1. The number of aliphatic hydroxyl groups excluding tert-OH is 1. The molecule has 6 unspecified atom stereocenters. The van der Waals surface area contributed by atoms with Gasteiger partial charge in [0.2, 0.25) is 11.7 Å². The van der Waals surface area contributed by atoms with Gasteiger partial charge >= 0.3 is 0 Å². The van der Waals surface area contributed by atoms with Gasteiger partial charge in [0.05, 0.1) is 40.9 Å². The van der Waals surface area contributed by atoms with Crippen molar-refractivity contribution < 1.29 is 24.1 Å². The number of carbonyl (C=O) groups excluding carboxylic acids is 1. The van der Waals surface area contributed by atoms with Gasteiger partial charge in [-0.2, -0.15) is 5.10 Å². The van der Waals surface area contributed by atoms with E-state index in [1.165, 1.54) is 23.9 Å². The van der Waals surface area contributed by atoms with Gasteiger partial charge in [0.1, 0.15) is 11.4 Å². The molecule has 4 aliphatic carbocycles. The number of ether oxygens (including phenoxy) is 1. The van der Waals surface area contributed by atoms with Crippen molar-refractivity contribution in [2.75, 3.05) is 6.61 Å². The molecule has 0 amide bonds. The summed E-state index contributed by atoms with van der Waals surface area (Å²) < 4.78 is 21.3. The van der Waals surface area contributed by atoms with Crippen molar-refractivity contribution in [3.8, 4) is 11.6 Å². The predicted molar refractivity (Wildman–Crippen MR) is 166 cm³/mol. The third-order valence-electron chi connectivity index (χ3n) is 11.9. The maximum Gasteiger partial charge on any atom is 0.233 e. The molecular weight excluding hydrogens is 571 g/mol. The molecule has 2 aromatic carbocycles. The maximum absolute atomic E-state index is 13.8. The number of fused-ring (bicyclic) bond motifs is 7. The van der Waals surface area contributed by atoms with Crippen molar-refractivity contribution in [3.05, 3.63) is 83.6 Å². The molecule has 3 saturated carbocycles. The molecule has 45 heavy (non-hydrogen) atoms. The lowest BCUT2D eigenvalue weighted by Gasteiger charge is -2.60. The van der Waals surface area contributed by atoms with Crippen molar-refractivity contribution in [1.29, 1.82) is 0 Å². The van der Waals surface area contributed by atoms with Crippen LogP contribution in [-0.4, -0.2) is 54.1 Å². The topological polar surface area (TPSA) is 110 Å². The molecule has 2 heterocycles. The van der Waals surface area contributed by atoms with Crippen LogP contribution < -0.4 is 4.74 Å². The Morgan fingerprint density at radius 2 is 1.87 bits per heavy atom. The molecule has 9 heteroatoms. The fourth-order valence-electron chi connectivity index (χ4n) is 9.70. The van der Waals surface area contributed by atoms with Crippen LogP contribution in [0.1, 0.15) is 57.2 Å². The Labute approximate surface area is 261 Å². The van der Waals surface area contributed by atoms with E-state index in [-0.39, 0.29) is 47.3 Å². The Balaban J connectivity index is 1.04. The number of nitrogens with zero attached hydrogens (tertiary/aromatic N) is 4. The number of halogens is 1. The van der Waals surface area contributed by atoms with E-state index in [9.17, 15) is 19.4 Å². The van der Waals surface area contributed by atoms with Crippen LogP contribution in [0.5, 0.6) is 5.88 Å². The molecule has 0 radical (unpaired) electrons. The van der Waals surface area contributed by atoms with Crippen LogP contribution in [0, 0.1) is 34.4 Å². The molecule has 232 valence electrons. The third kappa shape index (κ3) is 4.16. The molecule has 0 saturated heterocycles. The van der Waals surface area contributed by atoms with Crippen LogP contribution in [0.15, 0.2) is 66.5 Å². The Bertz CT molecular complexity index is 1860. The summed E-state index contributed by atoms with van der Waals surface area (Å²) in [7, 11) is 0. The monoisotopic (exact) mass is 608 g/mol. The summed E-state index contributed by atoms with van der Waals surface area (Å²) in [5.74, 6) is -0.140. The summed E-state index contributed by atoms with van der Waals surface area (Å²) in [5.41, 5.74) is 3.02. The summed E-state index contributed by atoms with van der Waals surface area (Å²) in [4.78, 5) is 22.6. The van der Waals surface area contributed by atoms with E-state index in [0.717, 1.165) is 48.1 Å². The van der Waals surface area contributed by atoms with Crippen LogP contribution in [0.4, 0.5) is 4.39 Å². The van der Waals surface area contributed by atoms with Crippen molar-refractivity contribution in [2.45, 2.75) is 64.1 Å². The molecule has 7 atom stereocenters. The molecule has 8 nitrogen and oxygen atoms in total.